The van der Waals surface area contributed by atoms with Crippen LogP contribution in [0.1, 0.15) is 44.9 Å². The van der Waals surface area contributed by atoms with Gasteiger partial charge in [-0.2, -0.15) is 0 Å². The van der Waals surface area contributed by atoms with Crippen molar-refractivity contribution in [2.45, 2.75) is 50.5 Å². The number of aliphatic hydroxyl groups is 1. The van der Waals surface area contributed by atoms with Gasteiger partial charge in [0, 0.05) is 13.6 Å². The van der Waals surface area contributed by atoms with Crippen molar-refractivity contribution < 1.29 is 9.90 Å². The van der Waals surface area contributed by atoms with Crippen molar-refractivity contribution in [2.75, 3.05) is 13.6 Å². The molecule has 2 saturated carbocycles. The lowest BCUT2D eigenvalue weighted by Gasteiger charge is -2.43. The van der Waals surface area contributed by atoms with Gasteiger partial charge in [-0.1, -0.05) is 31.5 Å². The molecule has 0 bridgehead atoms. The van der Waals surface area contributed by atoms with Crippen molar-refractivity contribution in [1.29, 1.82) is 0 Å². The molecule has 102 valence electrons. The van der Waals surface area contributed by atoms with Crippen LogP contribution < -0.4 is 5.73 Å². The minimum Gasteiger partial charge on any atom is -0.392 e. The Morgan fingerprint density at radius 3 is 2.22 bits per heavy atom. The second-order valence-electron chi connectivity index (χ2n) is 5.89. The number of hydrogen-bond acceptors (Lipinski definition) is 3. The van der Waals surface area contributed by atoms with Gasteiger partial charge in [0.2, 0.25) is 5.91 Å². The summed E-state index contributed by atoms with van der Waals surface area (Å²) in [5.74, 6) is -0.0124. The van der Waals surface area contributed by atoms with Gasteiger partial charge < -0.3 is 15.7 Å². The summed E-state index contributed by atoms with van der Waals surface area (Å²) in [6, 6.07) is 0. The maximum absolute atomic E-state index is 12.5. The van der Waals surface area contributed by atoms with Gasteiger partial charge in [-0.05, 0) is 25.7 Å². The van der Waals surface area contributed by atoms with Gasteiger partial charge in [0.25, 0.3) is 0 Å². The van der Waals surface area contributed by atoms with Gasteiger partial charge in [-0.3, -0.25) is 4.79 Å². The van der Waals surface area contributed by atoms with Gasteiger partial charge in [0.05, 0.1) is 16.0 Å². The molecule has 2 rings (SSSR count). The molecular formula is C13H22N2O2S. The standard InChI is InChI=1S/C13H22N2O2S/c1-15(9-12(17)5-2-3-6-12)11(16)13(10(14)18)7-4-8-13/h17H,2-9H2,1H3,(H2,14,18). The first-order chi connectivity index (χ1) is 8.40. The molecule has 5 heteroatoms. The van der Waals surface area contributed by atoms with Crippen molar-refractivity contribution in [2.24, 2.45) is 11.1 Å². The molecule has 0 heterocycles. The fraction of sp³-hybridized carbons (Fsp3) is 0.846. The smallest absolute Gasteiger partial charge is 0.235 e. The molecule has 0 aromatic heterocycles. The molecule has 0 unspecified atom stereocenters. The highest BCUT2D eigenvalue weighted by molar-refractivity contribution is 7.80. The number of thiocarbonyl (C=S) groups is 1. The Kier molecular flexibility index (Phi) is 3.65. The summed E-state index contributed by atoms with van der Waals surface area (Å²) in [6.07, 6.45) is 6.16. The fourth-order valence-corrected chi connectivity index (χ4v) is 3.46. The molecule has 4 nitrogen and oxygen atoms in total. The molecule has 2 aliphatic carbocycles. The largest absolute Gasteiger partial charge is 0.392 e. The zero-order valence-corrected chi connectivity index (χ0v) is 11.8. The number of carbonyl (C=O) groups is 1. The van der Waals surface area contributed by atoms with Gasteiger partial charge in [0.15, 0.2) is 0 Å². The van der Waals surface area contributed by atoms with Crippen LogP contribution in [-0.4, -0.2) is 40.1 Å². The van der Waals surface area contributed by atoms with E-state index in [-0.39, 0.29) is 5.91 Å². The molecule has 0 saturated heterocycles. The maximum Gasteiger partial charge on any atom is 0.235 e. The monoisotopic (exact) mass is 270 g/mol. The lowest BCUT2D eigenvalue weighted by atomic mass is 9.67. The van der Waals surface area contributed by atoms with E-state index < -0.39 is 11.0 Å². The summed E-state index contributed by atoms with van der Waals surface area (Å²) < 4.78 is 0. The molecule has 3 N–H and O–H groups in total. The first-order valence-corrected chi connectivity index (χ1v) is 7.08. The summed E-state index contributed by atoms with van der Waals surface area (Å²) in [5, 5.41) is 10.3. The Morgan fingerprint density at radius 2 is 1.83 bits per heavy atom. The van der Waals surface area contributed by atoms with Crippen molar-refractivity contribution in [3.05, 3.63) is 0 Å². The number of rotatable bonds is 4. The predicted octanol–water partition coefficient (Wildman–Crippen LogP) is 1.21. The zero-order valence-electron chi connectivity index (χ0n) is 10.9. The Bertz CT molecular complexity index is 360. The Hall–Kier alpha value is -0.680. The Balaban J connectivity index is 2.02. The summed E-state index contributed by atoms with van der Waals surface area (Å²) in [6.45, 7) is 0.399. The SMILES string of the molecule is CN(CC1(O)CCCC1)C(=O)C1(C(N)=S)CCC1. The van der Waals surface area contributed by atoms with Crippen LogP contribution in [0.3, 0.4) is 0 Å². The van der Waals surface area contributed by atoms with Crippen LogP contribution in [0.5, 0.6) is 0 Å². The van der Waals surface area contributed by atoms with E-state index in [0.717, 1.165) is 44.9 Å². The van der Waals surface area contributed by atoms with Crippen molar-refractivity contribution in [1.82, 2.24) is 4.90 Å². The fourth-order valence-electron chi connectivity index (χ4n) is 3.17. The minimum atomic E-state index is -0.703. The molecule has 0 spiro atoms. The van der Waals surface area contributed by atoms with E-state index >= 15 is 0 Å². The van der Waals surface area contributed by atoms with Crippen LogP contribution >= 0.6 is 12.2 Å². The first-order valence-electron chi connectivity index (χ1n) is 6.68. The second kappa shape index (κ2) is 4.78. The van der Waals surface area contributed by atoms with Crippen molar-refractivity contribution >= 4 is 23.1 Å². The number of nitrogens with zero attached hydrogens (tertiary/aromatic N) is 1. The third-order valence-corrected chi connectivity index (χ3v) is 4.89. The molecule has 1 amide bonds. The van der Waals surface area contributed by atoms with E-state index in [1.807, 2.05) is 0 Å². The maximum atomic E-state index is 12.5. The number of carbonyl (C=O) groups excluding carboxylic acids is 1. The van der Waals surface area contributed by atoms with Gasteiger partial charge in [-0.15, -0.1) is 0 Å². The first kappa shape index (κ1) is 13.7. The normalized spacial score (nSPS) is 24.3. The molecular weight excluding hydrogens is 248 g/mol. The third kappa shape index (κ3) is 2.26. The van der Waals surface area contributed by atoms with E-state index in [0.29, 0.717) is 11.5 Å². The quantitative estimate of drug-likeness (QED) is 0.754. The van der Waals surface area contributed by atoms with Crippen LogP contribution in [0.4, 0.5) is 0 Å². The average Bonchev–Trinajstić information content (AvgIpc) is 2.62. The van der Waals surface area contributed by atoms with Crippen LogP contribution in [0.25, 0.3) is 0 Å². The summed E-state index contributed by atoms with van der Waals surface area (Å²) >= 11 is 5.05. The third-order valence-electron chi connectivity index (χ3n) is 4.50. The second-order valence-corrected chi connectivity index (χ2v) is 6.33. The molecule has 0 aromatic carbocycles. The summed E-state index contributed by atoms with van der Waals surface area (Å²) in [5.41, 5.74) is 4.41. The van der Waals surface area contributed by atoms with Crippen molar-refractivity contribution in [3.8, 4) is 0 Å². The molecule has 0 radical (unpaired) electrons. The highest BCUT2D eigenvalue weighted by atomic mass is 32.1. The van der Waals surface area contributed by atoms with Gasteiger partial charge in [-0.25, -0.2) is 0 Å². The Labute approximate surface area is 114 Å². The lowest BCUT2D eigenvalue weighted by Crippen LogP contribution is -2.55. The van der Waals surface area contributed by atoms with Crippen LogP contribution in [0.2, 0.25) is 0 Å². The number of amides is 1. The van der Waals surface area contributed by atoms with E-state index in [1.54, 1.807) is 11.9 Å². The van der Waals surface area contributed by atoms with Gasteiger partial charge >= 0.3 is 0 Å². The lowest BCUT2D eigenvalue weighted by molar-refractivity contribution is -0.143. The van der Waals surface area contributed by atoms with Crippen molar-refractivity contribution in [3.63, 3.8) is 0 Å². The minimum absolute atomic E-state index is 0.0124. The van der Waals surface area contributed by atoms with Crippen LogP contribution in [0.15, 0.2) is 0 Å². The van der Waals surface area contributed by atoms with Crippen LogP contribution in [-0.2, 0) is 4.79 Å². The van der Waals surface area contributed by atoms with E-state index in [1.165, 1.54) is 0 Å². The highest BCUT2D eigenvalue weighted by Gasteiger charge is 2.49. The molecule has 0 aliphatic heterocycles. The van der Waals surface area contributed by atoms with Crippen LogP contribution in [0, 0.1) is 5.41 Å². The van der Waals surface area contributed by atoms with Gasteiger partial charge in [0.1, 0.15) is 0 Å². The molecule has 18 heavy (non-hydrogen) atoms. The average molecular weight is 270 g/mol. The highest BCUT2D eigenvalue weighted by Crippen LogP contribution is 2.43. The number of hydrogen-bond donors (Lipinski definition) is 2. The number of nitrogens with two attached hydrogens (primary N) is 1. The number of likely N-dealkylation sites (N-methyl/N-ethyl adjacent to an activating group) is 1. The summed E-state index contributed by atoms with van der Waals surface area (Å²) in [4.78, 5) is 14.4. The van der Waals surface area contributed by atoms with E-state index in [9.17, 15) is 9.90 Å². The Morgan fingerprint density at radius 1 is 1.28 bits per heavy atom. The van der Waals surface area contributed by atoms with E-state index in [2.05, 4.69) is 0 Å². The van der Waals surface area contributed by atoms with E-state index in [4.69, 9.17) is 18.0 Å². The molecule has 0 aromatic rings. The predicted molar refractivity (Wildman–Crippen MR) is 74.1 cm³/mol. The molecule has 0 atom stereocenters. The molecule has 2 fully saturated rings. The zero-order chi connectivity index (χ0) is 13.4. The molecule has 2 aliphatic rings. The topological polar surface area (TPSA) is 66.6 Å². The summed E-state index contributed by atoms with van der Waals surface area (Å²) in [7, 11) is 1.75.